The molecule has 82 valence electrons. The number of aliphatic hydroxyl groups is 1. The van der Waals surface area contributed by atoms with Crippen molar-refractivity contribution in [2.45, 2.75) is 12.3 Å². The van der Waals surface area contributed by atoms with Crippen molar-refractivity contribution >= 4 is 26.7 Å². The molecule has 1 heterocycles. The summed E-state index contributed by atoms with van der Waals surface area (Å²) in [6.07, 6.45) is -0.876. The lowest BCUT2D eigenvalue weighted by Crippen LogP contribution is -2.46. The predicted octanol–water partition coefficient (Wildman–Crippen LogP) is -0.804. The fourth-order valence-corrected chi connectivity index (χ4v) is 3.11. The summed E-state index contributed by atoms with van der Waals surface area (Å²) in [7, 11) is 5.25. The molecule has 0 bridgehead atoms. The molecule has 1 aliphatic heterocycles. The predicted molar refractivity (Wildman–Crippen MR) is 61.3 cm³/mol. The molecule has 0 amide bonds. The molecule has 3 atom stereocenters. The van der Waals surface area contributed by atoms with E-state index in [4.69, 9.17) is 4.74 Å². The quantitative estimate of drug-likeness (QED) is 0.374. The number of β-amino-alcohol motifs (C(OH)–C–C–N with tert-alkyl or cyclic N) is 1. The normalized spacial score (nSPS) is 34.4. The molecule has 0 saturated carbocycles. The summed E-state index contributed by atoms with van der Waals surface area (Å²) >= 11 is 4.15. The lowest BCUT2D eigenvalue weighted by Gasteiger charge is -2.39. The molecule has 0 aliphatic carbocycles. The van der Waals surface area contributed by atoms with Crippen molar-refractivity contribution in [3.63, 3.8) is 0 Å². The third-order valence-electron chi connectivity index (χ3n) is 2.11. The van der Waals surface area contributed by atoms with Crippen molar-refractivity contribution in [3.8, 4) is 0 Å². The van der Waals surface area contributed by atoms with E-state index in [9.17, 15) is 9.67 Å². The maximum atomic E-state index is 12.1. The summed E-state index contributed by atoms with van der Waals surface area (Å²) in [5.74, 6) is 0. The van der Waals surface area contributed by atoms with Crippen molar-refractivity contribution < 1.29 is 14.4 Å². The van der Waals surface area contributed by atoms with E-state index in [1.54, 1.807) is 23.4 Å². The molecular formula is C6H16BN2O3PS. The van der Waals surface area contributed by atoms with Gasteiger partial charge in [0, 0.05) is 12.5 Å². The van der Waals surface area contributed by atoms with Gasteiger partial charge in [0.2, 0.25) is 0 Å². The van der Waals surface area contributed by atoms with E-state index in [1.807, 2.05) is 7.85 Å². The standard InChI is InChI=1S/C6H16BN2O3PS/c1-8(2)13(11,14)9-3-5(7)12-6(10)4-9/h5-6,10H,3-4,7H2,1-2H3,(H,11,14). The van der Waals surface area contributed by atoms with Gasteiger partial charge >= 0.3 is 0 Å². The van der Waals surface area contributed by atoms with Crippen molar-refractivity contribution in [2.24, 2.45) is 0 Å². The van der Waals surface area contributed by atoms with E-state index in [0.717, 1.165) is 0 Å². The van der Waals surface area contributed by atoms with Gasteiger partial charge in [0.1, 0.15) is 7.85 Å². The average molecular weight is 238 g/mol. The third-order valence-corrected chi connectivity index (χ3v) is 6.05. The number of nitrogens with zero attached hydrogens (tertiary/aromatic N) is 2. The van der Waals surface area contributed by atoms with Crippen LogP contribution in [0.5, 0.6) is 0 Å². The molecule has 1 N–H and O–H groups in total. The van der Waals surface area contributed by atoms with Crippen LogP contribution in [0.4, 0.5) is 0 Å². The second-order valence-electron chi connectivity index (χ2n) is 3.63. The van der Waals surface area contributed by atoms with Crippen LogP contribution in [-0.2, 0) is 9.30 Å². The highest BCUT2D eigenvalue weighted by atomic mass is 32.7. The fraction of sp³-hybridized carbons (Fsp3) is 1.00. The molecule has 14 heavy (non-hydrogen) atoms. The van der Waals surface area contributed by atoms with Gasteiger partial charge in [0.05, 0.1) is 6.54 Å². The molecule has 5 nitrogen and oxygen atoms in total. The van der Waals surface area contributed by atoms with Crippen LogP contribution >= 0.6 is 18.9 Å². The topological polar surface area (TPSA) is 53.0 Å². The fourth-order valence-electron chi connectivity index (χ4n) is 1.37. The van der Waals surface area contributed by atoms with Crippen LogP contribution < -0.4 is 0 Å². The Labute approximate surface area is 90.4 Å². The van der Waals surface area contributed by atoms with Crippen LogP contribution in [0.1, 0.15) is 0 Å². The molecule has 1 aliphatic rings. The first-order chi connectivity index (χ1) is 6.34. The van der Waals surface area contributed by atoms with Gasteiger partial charge in [-0.2, -0.15) is 0 Å². The van der Waals surface area contributed by atoms with E-state index in [2.05, 4.69) is 12.2 Å². The Hall–Kier alpha value is 0.485. The largest absolute Gasteiger partial charge is 0.367 e. The SMILES string of the molecule is BC1CN(P(=O)(S)N(C)C)CC(O)O1. The first kappa shape index (κ1) is 12.6. The monoisotopic (exact) mass is 238 g/mol. The number of hydrogen-bond acceptors (Lipinski definition) is 3. The number of aliphatic hydroxyl groups excluding tert-OH is 1. The highest BCUT2D eigenvalue weighted by Gasteiger charge is 2.35. The first-order valence-electron chi connectivity index (χ1n) is 4.43. The van der Waals surface area contributed by atoms with Crippen molar-refractivity contribution in [3.05, 3.63) is 0 Å². The van der Waals surface area contributed by atoms with Crippen molar-refractivity contribution in [1.29, 1.82) is 0 Å². The lowest BCUT2D eigenvalue weighted by molar-refractivity contribution is -0.146. The molecule has 0 aromatic heterocycles. The van der Waals surface area contributed by atoms with Gasteiger partial charge in [-0.15, -0.1) is 0 Å². The lowest BCUT2D eigenvalue weighted by atomic mass is 9.99. The van der Waals surface area contributed by atoms with Crippen molar-refractivity contribution in [1.82, 2.24) is 9.34 Å². The minimum absolute atomic E-state index is 0.126. The Morgan fingerprint density at radius 3 is 2.64 bits per heavy atom. The highest BCUT2D eigenvalue weighted by molar-refractivity contribution is 8.46. The second-order valence-corrected chi connectivity index (χ2v) is 7.59. The number of hydrogen-bond donors (Lipinski definition) is 2. The van der Waals surface area contributed by atoms with Crippen LogP contribution in [0, 0.1) is 0 Å². The summed E-state index contributed by atoms with van der Waals surface area (Å²) in [5.41, 5.74) is 0. The molecule has 1 saturated heterocycles. The molecule has 3 unspecified atom stereocenters. The first-order valence-corrected chi connectivity index (χ1v) is 7.20. The van der Waals surface area contributed by atoms with Crippen LogP contribution in [0.3, 0.4) is 0 Å². The van der Waals surface area contributed by atoms with E-state index < -0.39 is 12.9 Å². The summed E-state index contributed by atoms with van der Waals surface area (Å²) in [4.78, 5) is 0. The van der Waals surface area contributed by atoms with E-state index in [0.29, 0.717) is 6.54 Å². The molecule has 0 radical (unpaired) electrons. The minimum atomic E-state index is -2.79. The third kappa shape index (κ3) is 2.75. The number of rotatable bonds is 2. The van der Waals surface area contributed by atoms with Gasteiger partial charge < -0.3 is 9.84 Å². The summed E-state index contributed by atoms with van der Waals surface area (Å²) in [6.45, 7) is -2.03. The Morgan fingerprint density at radius 2 is 2.21 bits per heavy atom. The Bertz CT molecular complexity index is 245. The summed E-state index contributed by atoms with van der Waals surface area (Å²) in [6, 6.07) is -0.126. The van der Waals surface area contributed by atoms with Crippen molar-refractivity contribution in [2.75, 3.05) is 27.2 Å². The molecule has 1 fully saturated rings. The van der Waals surface area contributed by atoms with Gasteiger partial charge in [-0.3, -0.25) is 4.57 Å². The number of ether oxygens (including phenoxy) is 1. The Kier molecular flexibility index (Phi) is 4.08. The molecular weight excluding hydrogens is 222 g/mol. The van der Waals surface area contributed by atoms with Crippen LogP contribution in [0.15, 0.2) is 0 Å². The van der Waals surface area contributed by atoms with Gasteiger partial charge in [-0.1, -0.05) is 12.2 Å². The van der Waals surface area contributed by atoms with Crippen LogP contribution in [0.2, 0.25) is 0 Å². The summed E-state index contributed by atoms with van der Waals surface area (Å²) in [5, 5.41) is 9.36. The van der Waals surface area contributed by atoms with Crippen LogP contribution in [0.25, 0.3) is 0 Å². The molecule has 0 aromatic rings. The zero-order valence-corrected chi connectivity index (χ0v) is 10.4. The number of morpholine rings is 1. The highest BCUT2D eigenvalue weighted by Crippen LogP contribution is 2.56. The van der Waals surface area contributed by atoms with Gasteiger partial charge in [0.25, 0.3) is 6.65 Å². The van der Waals surface area contributed by atoms with E-state index >= 15 is 0 Å². The maximum absolute atomic E-state index is 12.1. The molecule has 1 rings (SSSR count). The van der Waals surface area contributed by atoms with E-state index in [1.165, 1.54) is 0 Å². The van der Waals surface area contributed by atoms with Gasteiger partial charge in [0.15, 0.2) is 6.29 Å². The Morgan fingerprint density at radius 1 is 1.64 bits per heavy atom. The Balaban J connectivity index is 2.73. The molecule has 0 aromatic carbocycles. The summed E-state index contributed by atoms with van der Waals surface area (Å²) < 4.78 is 20.5. The molecule has 8 heteroatoms. The molecule has 0 spiro atoms. The zero-order valence-electron chi connectivity index (χ0n) is 8.62. The number of thiol groups is 1. The van der Waals surface area contributed by atoms with Crippen LogP contribution in [-0.4, -0.2) is 61.8 Å². The zero-order chi connectivity index (χ0) is 10.9. The maximum Gasteiger partial charge on any atom is 0.268 e. The average Bonchev–Trinajstić information content (AvgIpc) is 2.01. The minimum Gasteiger partial charge on any atom is -0.367 e. The second kappa shape index (κ2) is 4.55. The smallest absolute Gasteiger partial charge is 0.268 e. The van der Waals surface area contributed by atoms with Gasteiger partial charge in [-0.05, 0) is 14.1 Å². The van der Waals surface area contributed by atoms with Gasteiger partial charge in [-0.25, -0.2) is 9.34 Å². The van der Waals surface area contributed by atoms with E-state index in [-0.39, 0.29) is 12.5 Å².